The smallest absolute Gasteiger partial charge is 0.414 e. The second-order valence-corrected chi connectivity index (χ2v) is 3.92. The molecule has 0 aliphatic carbocycles. The summed E-state index contributed by atoms with van der Waals surface area (Å²) in [7, 11) is 0. The van der Waals surface area contributed by atoms with E-state index in [1.54, 1.807) is 12.3 Å². The van der Waals surface area contributed by atoms with E-state index in [1.807, 2.05) is 30.3 Å². The van der Waals surface area contributed by atoms with E-state index in [9.17, 15) is 9.59 Å². The Morgan fingerprint density at radius 3 is 2.71 bits per heavy atom. The van der Waals surface area contributed by atoms with Crippen LogP contribution in [0.25, 0.3) is 0 Å². The minimum atomic E-state index is -0.730. The molecule has 0 aromatic heterocycles. The molecular formula is C12H13NO3S. The summed E-state index contributed by atoms with van der Waals surface area (Å²) >= 11 is 1.40. The van der Waals surface area contributed by atoms with Crippen LogP contribution in [0.2, 0.25) is 0 Å². The van der Waals surface area contributed by atoms with E-state index >= 15 is 0 Å². The molecule has 1 rings (SSSR count). The number of carbonyl (C=O) groups is 2. The Kier molecular flexibility index (Phi) is 5.88. The van der Waals surface area contributed by atoms with Crippen LogP contribution in [-0.2, 0) is 9.53 Å². The highest BCUT2D eigenvalue weighted by Gasteiger charge is 2.03. The van der Waals surface area contributed by atoms with Gasteiger partial charge >= 0.3 is 6.09 Å². The number of nitrogens with one attached hydrogen (secondary N) is 1. The summed E-state index contributed by atoms with van der Waals surface area (Å²) in [5.41, 5.74) is 0. The third-order valence-corrected chi connectivity index (χ3v) is 2.48. The summed E-state index contributed by atoms with van der Waals surface area (Å²) in [6.45, 7) is 1.91. The van der Waals surface area contributed by atoms with E-state index in [2.05, 4.69) is 10.1 Å². The van der Waals surface area contributed by atoms with Crippen LogP contribution in [0.4, 0.5) is 4.79 Å². The van der Waals surface area contributed by atoms with E-state index in [4.69, 9.17) is 0 Å². The number of hydrogen-bond acceptors (Lipinski definition) is 4. The van der Waals surface area contributed by atoms with Crippen molar-refractivity contribution in [2.75, 3.05) is 6.61 Å². The first-order valence-electron chi connectivity index (χ1n) is 5.08. The van der Waals surface area contributed by atoms with Gasteiger partial charge in [0.25, 0.3) is 5.91 Å². The molecule has 1 N–H and O–H groups in total. The van der Waals surface area contributed by atoms with Gasteiger partial charge in [0.05, 0.1) is 6.61 Å². The first kappa shape index (κ1) is 13.3. The van der Waals surface area contributed by atoms with Gasteiger partial charge in [0.2, 0.25) is 0 Å². The average molecular weight is 251 g/mol. The summed E-state index contributed by atoms with van der Waals surface area (Å²) in [6.07, 6.45) is 0.557. The van der Waals surface area contributed by atoms with Crippen LogP contribution in [0.5, 0.6) is 0 Å². The Labute approximate surface area is 104 Å². The minimum absolute atomic E-state index is 0.238. The standard InChI is InChI=1S/C12H13NO3S/c1-2-16-12(15)13-11(14)8-9-17-10-6-4-3-5-7-10/h3-9H,2H2,1H3,(H,13,14,15). The maximum atomic E-state index is 11.2. The summed E-state index contributed by atoms with van der Waals surface area (Å²) in [5, 5.41) is 3.68. The summed E-state index contributed by atoms with van der Waals surface area (Å²) < 4.78 is 4.57. The fourth-order valence-electron chi connectivity index (χ4n) is 0.983. The molecule has 0 fully saturated rings. The van der Waals surface area contributed by atoms with Gasteiger partial charge in [-0.1, -0.05) is 30.0 Å². The molecule has 4 nitrogen and oxygen atoms in total. The van der Waals surface area contributed by atoms with Gasteiger partial charge in [0.15, 0.2) is 0 Å². The molecule has 90 valence electrons. The maximum absolute atomic E-state index is 11.2. The molecular weight excluding hydrogens is 238 g/mol. The fraction of sp³-hybridized carbons (Fsp3) is 0.167. The minimum Gasteiger partial charge on any atom is -0.450 e. The predicted octanol–water partition coefficient (Wildman–Crippen LogP) is 2.57. The molecule has 0 saturated carbocycles. The van der Waals surface area contributed by atoms with Crippen LogP contribution >= 0.6 is 11.8 Å². The third kappa shape index (κ3) is 5.77. The molecule has 0 heterocycles. The van der Waals surface area contributed by atoms with Crippen molar-refractivity contribution in [2.45, 2.75) is 11.8 Å². The number of amides is 2. The highest BCUT2D eigenvalue weighted by atomic mass is 32.2. The van der Waals surface area contributed by atoms with E-state index < -0.39 is 12.0 Å². The van der Waals surface area contributed by atoms with Crippen molar-refractivity contribution in [3.63, 3.8) is 0 Å². The molecule has 0 radical (unpaired) electrons. The van der Waals surface area contributed by atoms with Crippen molar-refractivity contribution in [1.82, 2.24) is 5.32 Å². The van der Waals surface area contributed by atoms with Crippen molar-refractivity contribution < 1.29 is 14.3 Å². The largest absolute Gasteiger partial charge is 0.450 e. The Hall–Kier alpha value is -1.75. The van der Waals surface area contributed by atoms with Gasteiger partial charge in [-0.05, 0) is 24.5 Å². The second-order valence-electron chi connectivity index (χ2n) is 2.94. The molecule has 2 amide bonds. The number of imide groups is 1. The Morgan fingerprint density at radius 2 is 2.06 bits per heavy atom. The van der Waals surface area contributed by atoms with E-state index in [1.165, 1.54) is 17.8 Å². The number of carbonyl (C=O) groups excluding carboxylic acids is 2. The van der Waals surface area contributed by atoms with Crippen LogP contribution in [0, 0.1) is 0 Å². The van der Waals surface area contributed by atoms with Gasteiger partial charge in [-0.15, -0.1) is 0 Å². The zero-order valence-electron chi connectivity index (χ0n) is 9.38. The SMILES string of the molecule is CCOC(=O)NC(=O)C=CSc1ccccc1. The van der Waals surface area contributed by atoms with Gasteiger partial charge in [-0.3, -0.25) is 10.1 Å². The molecule has 0 aliphatic heterocycles. The maximum Gasteiger partial charge on any atom is 0.414 e. The summed E-state index contributed by atoms with van der Waals surface area (Å²) in [4.78, 5) is 23.1. The van der Waals surface area contributed by atoms with E-state index in [-0.39, 0.29) is 6.61 Å². The lowest BCUT2D eigenvalue weighted by atomic mass is 10.4. The van der Waals surface area contributed by atoms with Crippen LogP contribution in [-0.4, -0.2) is 18.6 Å². The average Bonchev–Trinajstić information content (AvgIpc) is 2.30. The lowest BCUT2D eigenvalue weighted by Gasteiger charge is -2.00. The van der Waals surface area contributed by atoms with Gasteiger partial charge in [0.1, 0.15) is 0 Å². The summed E-state index contributed by atoms with van der Waals surface area (Å²) in [6, 6.07) is 9.60. The zero-order chi connectivity index (χ0) is 12.5. The van der Waals surface area contributed by atoms with Crippen LogP contribution in [0.15, 0.2) is 46.7 Å². The number of alkyl carbamates (subject to hydrolysis) is 1. The molecule has 17 heavy (non-hydrogen) atoms. The van der Waals surface area contributed by atoms with Gasteiger partial charge < -0.3 is 4.74 Å². The lowest BCUT2D eigenvalue weighted by Crippen LogP contribution is -2.29. The number of thioether (sulfide) groups is 1. The molecule has 5 heteroatoms. The number of benzene rings is 1. The molecule has 0 atom stereocenters. The van der Waals surface area contributed by atoms with Crippen molar-refractivity contribution in [2.24, 2.45) is 0 Å². The molecule has 0 spiro atoms. The third-order valence-electron chi connectivity index (χ3n) is 1.67. The topological polar surface area (TPSA) is 55.4 Å². The highest BCUT2D eigenvalue weighted by Crippen LogP contribution is 2.17. The fourth-order valence-corrected chi connectivity index (χ4v) is 1.65. The highest BCUT2D eigenvalue weighted by molar-refractivity contribution is 8.02. The summed E-state index contributed by atoms with van der Waals surface area (Å²) in [5.74, 6) is -0.494. The quantitative estimate of drug-likeness (QED) is 0.660. The lowest BCUT2D eigenvalue weighted by molar-refractivity contribution is -0.115. The van der Waals surface area contributed by atoms with Crippen molar-refractivity contribution in [3.8, 4) is 0 Å². The van der Waals surface area contributed by atoms with Crippen molar-refractivity contribution in [1.29, 1.82) is 0 Å². The molecule has 0 aliphatic rings. The predicted molar refractivity (Wildman–Crippen MR) is 66.6 cm³/mol. The van der Waals surface area contributed by atoms with Gasteiger partial charge in [-0.25, -0.2) is 4.79 Å². The van der Waals surface area contributed by atoms with Crippen molar-refractivity contribution in [3.05, 3.63) is 41.8 Å². The van der Waals surface area contributed by atoms with Gasteiger partial charge in [0, 0.05) is 11.0 Å². The molecule has 1 aromatic carbocycles. The Morgan fingerprint density at radius 1 is 1.35 bits per heavy atom. The van der Waals surface area contributed by atoms with Crippen LogP contribution in [0.3, 0.4) is 0 Å². The second kappa shape index (κ2) is 7.51. The first-order valence-corrected chi connectivity index (χ1v) is 5.96. The van der Waals surface area contributed by atoms with Gasteiger partial charge in [-0.2, -0.15) is 0 Å². The Bertz CT molecular complexity index is 403. The van der Waals surface area contributed by atoms with E-state index in [0.717, 1.165) is 4.90 Å². The molecule has 0 saturated heterocycles. The number of rotatable bonds is 4. The van der Waals surface area contributed by atoms with E-state index in [0.29, 0.717) is 0 Å². The zero-order valence-corrected chi connectivity index (χ0v) is 10.2. The van der Waals surface area contributed by atoms with Crippen molar-refractivity contribution >= 4 is 23.8 Å². The molecule has 0 unspecified atom stereocenters. The molecule has 1 aromatic rings. The first-order chi connectivity index (χ1) is 8.22. The number of hydrogen-bond donors (Lipinski definition) is 1. The normalized spacial score (nSPS) is 10.2. The van der Waals surface area contributed by atoms with Crippen LogP contribution in [0.1, 0.15) is 6.92 Å². The van der Waals surface area contributed by atoms with Crippen LogP contribution < -0.4 is 5.32 Å². The Balaban J connectivity index is 2.34. The number of ether oxygens (including phenoxy) is 1. The molecule has 0 bridgehead atoms. The monoisotopic (exact) mass is 251 g/mol.